The highest BCUT2D eigenvalue weighted by molar-refractivity contribution is 6.26. The highest BCUT2D eigenvalue weighted by Crippen LogP contribution is 2.47. The maximum absolute atomic E-state index is 6.71. The molecule has 26 rings (SSSR count). The lowest BCUT2D eigenvalue weighted by Gasteiger charge is -2.16. The normalized spacial score (nSPS) is 12.3. The van der Waals surface area contributed by atoms with E-state index in [1.54, 1.807) is 0 Å². The van der Waals surface area contributed by atoms with Crippen molar-refractivity contribution in [3.63, 3.8) is 0 Å². The van der Waals surface area contributed by atoms with E-state index in [0.29, 0.717) is 0 Å². The smallest absolute Gasteiger partial charge is 0.145 e. The van der Waals surface area contributed by atoms with Crippen LogP contribution in [0.3, 0.4) is 0 Å². The first-order chi connectivity index (χ1) is 57.5. The first-order valence-corrected chi connectivity index (χ1v) is 39.8. The van der Waals surface area contributed by atoms with Gasteiger partial charge in [0.2, 0.25) is 0 Å². The number of rotatable bonds is 9. The van der Waals surface area contributed by atoms with E-state index in [4.69, 9.17) is 8.83 Å². The maximum Gasteiger partial charge on any atom is 0.145 e. The Labute approximate surface area is 662 Å². The van der Waals surface area contributed by atoms with Crippen molar-refractivity contribution < 1.29 is 8.83 Å². The maximum atomic E-state index is 6.71. The van der Waals surface area contributed by atoms with Gasteiger partial charge in [0.15, 0.2) is 0 Å². The second kappa shape index (κ2) is 23.9. The largest absolute Gasteiger partial charge is 0.456 e. The molecule has 0 amide bonds. The molecule has 18 aromatic carbocycles. The van der Waals surface area contributed by atoms with E-state index in [0.717, 1.165) is 188 Å². The monoisotopic (exact) mass is 1480 g/mol. The minimum atomic E-state index is 0.879. The van der Waals surface area contributed by atoms with Crippen molar-refractivity contribution in [3.8, 4) is 67.5 Å². The lowest BCUT2D eigenvalue weighted by atomic mass is 10.0. The number of fused-ring (bicyclic) bond motifs is 26. The number of hydrogen-bond donors (Lipinski definition) is 0. The van der Waals surface area contributed by atoms with Gasteiger partial charge in [-0.15, -0.1) is 0 Å². The molecule has 26 aromatic rings. The molecule has 116 heavy (non-hydrogen) atoms. The summed E-state index contributed by atoms with van der Waals surface area (Å²) in [5, 5.41) is 18.8. The molecule has 0 unspecified atom stereocenters. The van der Waals surface area contributed by atoms with Gasteiger partial charge in [-0.1, -0.05) is 218 Å². The molecule has 0 aliphatic heterocycles. The predicted octanol–water partition coefficient (Wildman–Crippen LogP) is 29.1. The average Bonchev–Trinajstić information content (AvgIpc) is 1.59. The summed E-state index contributed by atoms with van der Waals surface area (Å²) in [5.74, 6) is 0. The van der Waals surface area contributed by atoms with Gasteiger partial charge in [-0.2, -0.15) is 0 Å². The second-order valence-electron chi connectivity index (χ2n) is 31.1. The summed E-state index contributed by atoms with van der Waals surface area (Å²) >= 11 is 0. The van der Waals surface area contributed by atoms with E-state index < -0.39 is 0 Å². The molecule has 0 bridgehead atoms. The Balaban J connectivity index is 0.620. The summed E-state index contributed by atoms with van der Waals surface area (Å²) in [5.41, 5.74) is 30.5. The third-order valence-electron chi connectivity index (χ3n) is 24.9. The average molecular weight is 1480 g/mol. The van der Waals surface area contributed by atoms with Crippen molar-refractivity contribution in [1.29, 1.82) is 0 Å². The van der Waals surface area contributed by atoms with E-state index in [9.17, 15) is 0 Å². The van der Waals surface area contributed by atoms with E-state index in [1.165, 1.54) is 53.9 Å². The van der Waals surface area contributed by atoms with Crippen molar-refractivity contribution in [2.75, 3.05) is 0 Å². The van der Waals surface area contributed by atoms with Gasteiger partial charge in [0.25, 0.3) is 0 Å². The standard InChI is InChI=1S/C108H64N6O2/c1-11-31-91-77(21-1)78-22-2-12-32-92(78)110(91)73-57-69(65-41-47-71(48-42-65)109-98-38-18-8-29-87(98)105-101(109)55-51-86-84-28-9-19-39-102(84)116-108(86)105)59-75(63-73)112-95-35-15-6-26-82(95)89-61-67(45-53-99(89)112)68-46-54-100-90(62-68)83-27-7-16-36-96(83)113(100)76-60-70(58-74(64-76)111-93-33-13-3-23-79(93)80-24-4-14-34-94(80)111)66-43-49-72(50-44-66)114-97-37-17-5-25-81(97)85-52-56-104-106(107(85)114)88-30-10-20-40-103(88)115-104/h1-64H. The van der Waals surface area contributed by atoms with Crippen LogP contribution in [0.25, 0.3) is 242 Å². The minimum Gasteiger partial charge on any atom is -0.456 e. The number of benzene rings is 18. The van der Waals surface area contributed by atoms with Crippen LogP contribution in [0.5, 0.6) is 0 Å². The zero-order valence-electron chi connectivity index (χ0n) is 62.5. The van der Waals surface area contributed by atoms with Crippen LogP contribution in [0.1, 0.15) is 0 Å². The molecule has 0 radical (unpaired) electrons. The van der Waals surface area contributed by atoms with Gasteiger partial charge in [-0.3, -0.25) is 0 Å². The number of nitrogens with zero attached hydrogens (tertiary/aromatic N) is 6. The Hall–Kier alpha value is -15.6. The van der Waals surface area contributed by atoms with Crippen molar-refractivity contribution in [2.24, 2.45) is 0 Å². The van der Waals surface area contributed by atoms with Gasteiger partial charge in [0.1, 0.15) is 22.3 Å². The Bertz CT molecular complexity index is 8620. The number of para-hydroxylation sites is 10. The third kappa shape index (κ3) is 8.97. The van der Waals surface area contributed by atoms with Crippen molar-refractivity contribution >= 4 is 175 Å². The molecule has 0 N–H and O–H groups in total. The topological polar surface area (TPSA) is 55.9 Å². The zero-order valence-corrected chi connectivity index (χ0v) is 62.5. The summed E-state index contributed by atoms with van der Waals surface area (Å²) in [4.78, 5) is 0. The summed E-state index contributed by atoms with van der Waals surface area (Å²) in [7, 11) is 0. The molecule has 8 heteroatoms. The lowest BCUT2D eigenvalue weighted by Crippen LogP contribution is -2.00. The van der Waals surface area contributed by atoms with Gasteiger partial charge in [-0.25, -0.2) is 0 Å². The fourth-order valence-electron chi connectivity index (χ4n) is 20.0. The fourth-order valence-corrected chi connectivity index (χ4v) is 20.0. The van der Waals surface area contributed by atoms with E-state index in [1.807, 2.05) is 12.1 Å². The Kier molecular flexibility index (Phi) is 13.0. The van der Waals surface area contributed by atoms with E-state index in [-0.39, 0.29) is 0 Å². The molecule has 0 spiro atoms. The van der Waals surface area contributed by atoms with Gasteiger partial charge in [0.05, 0.1) is 77.0 Å². The van der Waals surface area contributed by atoms with Crippen molar-refractivity contribution in [1.82, 2.24) is 27.4 Å². The molecule has 0 atom stereocenters. The number of hydrogen-bond acceptors (Lipinski definition) is 2. The quantitative estimate of drug-likeness (QED) is 0.145. The molecule has 8 nitrogen and oxygen atoms in total. The summed E-state index contributed by atoms with van der Waals surface area (Å²) in [6.45, 7) is 0. The van der Waals surface area contributed by atoms with Crippen LogP contribution in [0, 0.1) is 0 Å². The molecule has 0 fully saturated rings. The molecule has 8 aromatic heterocycles. The third-order valence-corrected chi connectivity index (χ3v) is 24.9. The molecule has 538 valence electrons. The van der Waals surface area contributed by atoms with Gasteiger partial charge in [-0.05, 0) is 203 Å². The number of furan rings is 2. The SMILES string of the molecule is c1ccc2c(c1)oc1c2ccc2c1c1ccccc1n2-c1ccc(-c2cc(-n3c4ccccc4c4ccccc43)cc(-n3c4ccccc4c4cc(-c5ccc6c(c5)c5ccccc5n6-c5cc(-c6ccc(-n7c8ccccc8c8ccc9oc%10ccccc%10c9c87)cc6)cc(-n6c7ccccc7c7ccccc76)c5)ccc43)c2)cc1. The fraction of sp³-hybridized carbons (Fsp3) is 0. The Morgan fingerprint density at radius 1 is 0.147 bits per heavy atom. The molecular formula is C108H64N6O2. The predicted molar refractivity (Wildman–Crippen MR) is 483 cm³/mol. The van der Waals surface area contributed by atoms with E-state index in [2.05, 4.69) is 404 Å². The highest BCUT2D eigenvalue weighted by Gasteiger charge is 2.26. The number of aromatic nitrogens is 6. The van der Waals surface area contributed by atoms with Crippen LogP contribution in [0.2, 0.25) is 0 Å². The van der Waals surface area contributed by atoms with Crippen molar-refractivity contribution in [3.05, 3.63) is 388 Å². The van der Waals surface area contributed by atoms with Crippen molar-refractivity contribution in [2.45, 2.75) is 0 Å². The summed E-state index contributed by atoms with van der Waals surface area (Å²) in [6.07, 6.45) is 0. The zero-order chi connectivity index (χ0) is 75.5. The molecule has 0 saturated carbocycles. The molecule has 0 aliphatic carbocycles. The van der Waals surface area contributed by atoms with Crippen LogP contribution in [-0.4, -0.2) is 27.4 Å². The van der Waals surface area contributed by atoms with Crippen LogP contribution < -0.4 is 0 Å². The van der Waals surface area contributed by atoms with Gasteiger partial charge < -0.3 is 36.2 Å². The Morgan fingerprint density at radius 2 is 0.457 bits per heavy atom. The van der Waals surface area contributed by atoms with Crippen LogP contribution in [-0.2, 0) is 0 Å². The van der Waals surface area contributed by atoms with Gasteiger partial charge >= 0.3 is 0 Å². The molecule has 0 saturated heterocycles. The highest BCUT2D eigenvalue weighted by atomic mass is 16.3. The van der Waals surface area contributed by atoms with Gasteiger partial charge in [0, 0.05) is 110 Å². The second-order valence-corrected chi connectivity index (χ2v) is 31.1. The first kappa shape index (κ1) is 63.0. The molecule has 0 aliphatic rings. The Morgan fingerprint density at radius 3 is 0.905 bits per heavy atom. The minimum absolute atomic E-state index is 0.879. The molecular weight excluding hydrogens is 1410 g/mol. The van der Waals surface area contributed by atoms with Crippen LogP contribution >= 0.6 is 0 Å². The summed E-state index contributed by atoms with van der Waals surface area (Å²) in [6, 6.07) is 143. The first-order valence-electron chi connectivity index (χ1n) is 39.8. The molecule has 8 heterocycles. The summed E-state index contributed by atoms with van der Waals surface area (Å²) < 4.78 is 27.9. The van der Waals surface area contributed by atoms with Crippen LogP contribution in [0.15, 0.2) is 397 Å². The van der Waals surface area contributed by atoms with Crippen LogP contribution in [0.4, 0.5) is 0 Å². The van der Waals surface area contributed by atoms with E-state index >= 15 is 0 Å². The lowest BCUT2D eigenvalue weighted by molar-refractivity contribution is 0.669.